The van der Waals surface area contributed by atoms with Crippen LogP contribution in [-0.2, 0) is 24.2 Å². The highest BCUT2D eigenvalue weighted by molar-refractivity contribution is 5.85. The molecule has 2 heterocycles. The van der Waals surface area contributed by atoms with Crippen molar-refractivity contribution in [2.45, 2.75) is 31.7 Å². The van der Waals surface area contributed by atoms with Crippen LogP contribution < -0.4 is 10.2 Å². The molecule has 29 heavy (non-hydrogen) atoms. The molecule has 3 aromatic rings. The maximum Gasteiger partial charge on any atom is 0.227 e. The van der Waals surface area contributed by atoms with Crippen LogP contribution >= 0.6 is 0 Å². The van der Waals surface area contributed by atoms with Crippen LogP contribution in [0.5, 0.6) is 0 Å². The summed E-state index contributed by atoms with van der Waals surface area (Å²) in [7, 11) is 2.03. The molecule has 1 aliphatic rings. The molecule has 1 N–H and O–H groups in total. The molecular weight excluding hydrogens is 360 g/mol. The van der Waals surface area contributed by atoms with E-state index in [9.17, 15) is 4.79 Å². The van der Waals surface area contributed by atoms with Gasteiger partial charge < -0.3 is 10.2 Å². The third-order valence-corrected chi connectivity index (χ3v) is 5.56. The number of aryl methyl sites for hydroxylation is 1. The van der Waals surface area contributed by atoms with Crippen LogP contribution in [0.1, 0.15) is 34.7 Å². The van der Waals surface area contributed by atoms with E-state index in [1.165, 1.54) is 11.1 Å². The lowest BCUT2D eigenvalue weighted by Crippen LogP contribution is -2.29. The molecule has 0 saturated heterocycles. The summed E-state index contributed by atoms with van der Waals surface area (Å²) in [6.07, 6.45) is 6.32. The minimum atomic E-state index is -0.0480. The van der Waals surface area contributed by atoms with Crippen LogP contribution in [0.15, 0.2) is 67.0 Å². The molecule has 1 atom stereocenters. The van der Waals surface area contributed by atoms with Crippen molar-refractivity contribution in [2.24, 2.45) is 0 Å². The summed E-state index contributed by atoms with van der Waals surface area (Å²) in [5, 5.41) is 3.13. The van der Waals surface area contributed by atoms with E-state index < -0.39 is 0 Å². The Bertz CT molecular complexity index is 973. The van der Waals surface area contributed by atoms with Crippen molar-refractivity contribution in [1.82, 2.24) is 15.3 Å². The maximum absolute atomic E-state index is 12.8. The molecule has 0 radical (unpaired) electrons. The topological polar surface area (TPSA) is 58.1 Å². The fourth-order valence-electron chi connectivity index (χ4n) is 3.98. The number of nitrogens with one attached hydrogen (secondary N) is 1. The second-order valence-corrected chi connectivity index (χ2v) is 7.49. The molecule has 2 aromatic heterocycles. The largest absolute Gasteiger partial charge is 0.359 e. The van der Waals surface area contributed by atoms with E-state index in [2.05, 4.69) is 32.3 Å². The predicted octanol–water partition coefficient (Wildman–Crippen LogP) is 3.50. The van der Waals surface area contributed by atoms with Crippen molar-refractivity contribution in [3.8, 4) is 0 Å². The fourth-order valence-corrected chi connectivity index (χ4v) is 3.98. The number of pyridine rings is 2. The van der Waals surface area contributed by atoms with E-state index in [4.69, 9.17) is 0 Å². The summed E-state index contributed by atoms with van der Waals surface area (Å²) in [6.45, 7) is 1.29. The van der Waals surface area contributed by atoms with Crippen LogP contribution in [0.2, 0.25) is 0 Å². The number of rotatable bonds is 7. The number of likely N-dealkylation sites (N-methyl/N-ethyl adjacent to an activating group) is 1. The molecule has 1 amide bonds. The van der Waals surface area contributed by atoms with Crippen molar-refractivity contribution in [3.05, 3.63) is 89.4 Å². The second-order valence-electron chi connectivity index (χ2n) is 7.49. The zero-order chi connectivity index (χ0) is 20.1. The molecule has 4 rings (SSSR count). The highest BCUT2D eigenvalue weighted by atomic mass is 16.1. The Morgan fingerprint density at radius 1 is 1.07 bits per heavy atom. The van der Waals surface area contributed by atoms with Crippen molar-refractivity contribution in [1.29, 1.82) is 0 Å². The molecule has 5 nitrogen and oxygen atoms in total. The number of carbonyl (C=O) groups is 1. The first-order chi connectivity index (χ1) is 14.2. The average Bonchev–Trinajstić information content (AvgIpc) is 3.21. The predicted molar refractivity (Wildman–Crippen MR) is 115 cm³/mol. The van der Waals surface area contributed by atoms with Gasteiger partial charge in [-0.2, -0.15) is 0 Å². The van der Waals surface area contributed by atoms with E-state index >= 15 is 0 Å². The van der Waals surface area contributed by atoms with Crippen LogP contribution in [0.3, 0.4) is 0 Å². The summed E-state index contributed by atoms with van der Waals surface area (Å²) in [5.74, 6) is 0.949. The van der Waals surface area contributed by atoms with Gasteiger partial charge in [-0.05, 0) is 42.2 Å². The SMILES string of the molecule is CN(CCc1ccccn1)c1ncccc1CNC(=O)[C@H]1CCc2ccccc21. The lowest BCUT2D eigenvalue weighted by atomic mass is 10.0. The van der Waals surface area contributed by atoms with Gasteiger partial charge in [-0.15, -0.1) is 0 Å². The van der Waals surface area contributed by atoms with Gasteiger partial charge in [0.05, 0.1) is 5.92 Å². The second kappa shape index (κ2) is 8.86. The Balaban J connectivity index is 1.39. The van der Waals surface area contributed by atoms with Crippen molar-refractivity contribution in [2.75, 3.05) is 18.5 Å². The summed E-state index contributed by atoms with van der Waals surface area (Å²) in [4.78, 5) is 23.9. The molecular formula is C24H26N4O. The van der Waals surface area contributed by atoms with Gasteiger partial charge in [0.1, 0.15) is 5.82 Å². The maximum atomic E-state index is 12.8. The highest BCUT2D eigenvalue weighted by Crippen LogP contribution is 2.33. The minimum Gasteiger partial charge on any atom is -0.359 e. The van der Waals surface area contributed by atoms with E-state index in [1.54, 1.807) is 6.20 Å². The van der Waals surface area contributed by atoms with Crippen molar-refractivity contribution < 1.29 is 4.79 Å². The Morgan fingerprint density at radius 3 is 2.76 bits per heavy atom. The van der Waals surface area contributed by atoms with E-state index in [0.29, 0.717) is 6.54 Å². The fraction of sp³-hybridized carbons (Fsp3) is 0.292. The molecule has 0 spiro atoms. The van der Waals surface area contributed by atoms with Gasteiger partial charge in [0.25, 0.3) is 0 Å². The third-order valence-electron chi connectivity index (χ3n) is 5.56. The minimum absolute atomic E-state index is 0.0480. The molecule has 5 heteroatoms. The van der Waals surface area contributed by atoms with Crippen LogP contribution in [0.25, 0.3) is 0 Å². The van der Waals surface area contributed by atoms with E-state index in [1.807, 2.05) is 55.7 Å². The quantitative estimate of drug-likeness (QED) is 0.675. The molecule has 1 aliphatic carbocycles. The summed E-state index contributed by atoms with van der Waals surface area (Å²) in [5.41, 5.74) is 4.55. The van der Waals surface area contributed by atoms with Gasteiger partial charge in [-0.25, -0.2) is 4.98 Å². The van der Waals surface area contributed by atoms with E-state index in [0.717, 1.165) is 42.9 Å². The number of hydrogen-bond acceptors (Lipinski definition) is 4. The zero-order valence-corrected chi connectivity index (χ0v) is 16.7. The Morgan fingerprint density at radius 2 is 1.90 bits per heavy atom. The Hall–Kier alpha value is -3.21. The number of hydrogen-bond donors (Lipinski definition) is 1. The lowest BCUT2D eigenvalue weighted by Gasteiger charge is -2.21. The number of anilines is 1. The van der Waals surface area contributed by atoms with E-state index in [-0.39, 0.29) is 11.8 Å². The number of nitrogens with zero attached hydrogens (tertiary/aromatic N) is 3. The van der Waals surface area contributed by atoms with Crippen LogP contribution in [-0.4, -0.2) is 29.5 Å². The van der Waals surface area contributed by atoms with Crippen LogP contribution in [0.4, 0.5) is 5.82 Å². The molecule has 148 valence electrons. The number of amides is 1. The normalized spacial score (nSPS) is 15.0. The van der Waals surface area contributed by atoms with Gasteiger partial charge in [0.15, 0.2) is 0 Å². The van der Waals surface area contributed by atoms with Gasteiger partial charge in [0.2, 0.25) is 5.91 Å². The molecule has 0 aliphatic heterocycles. The Kier molecular flexibility index (Phi) is 5.84. The first-order valence-corrected chi connectivity index (χ1v) is 10.1. The first-order valence-electron chi connectivity index (χ1n) is 10.1. The smallest absolute Gasteiger partial charge is 0.227 e. The lowest BCUT2D eigenvalue weighted by molar-refractivity contribution is -0.122. The standard InChI is InChI=1S/C24H26N4O/c1-28(16-13-20-9-4-5-14-25-20)23-19(8-6-15-26-23)17-27-24(29)22-12-11-18-7-2-3-10-21(18)22/h2-10,14-15,22H,11-13,16-17H2,1H3,(H,27,29)/t22-/m0/s1. The Labute approximate surface area is 171 Å². The molecule has 0 unspecified atom stereocenters. The van der Waals surface area contributed by atoms with Gasteiger partial charge in [-0.1, -0.05) is 36.4 Å². The first kappa shape index (κ1) is 19.1. The van der Waals surface area contributed by atoms with Crippen LogP contribution in [0, 0.1) is 0 Å². The summed E-state index contributed by atoms with van der Waals surface area (Å²) >= 11 is 0. The molecule has 0 fully saturated rings. The molecule has 0 bridgehead atoms. The number of carbonyl (C=O) groups excluding carboxylic acids is 1. The summed E-state index contributed by atoms with van der Waals surface area (Å²) < 4.78 is 0. The van der Waals surface area contributed by atoms with Crippen molar-refractivity contribution >= 4 is 11.7 Å². The van der Waals surface area contributed by atoms with Crippen molar-refractivity contribution in [3.63, 3.8) is 0 Å². The van der Waals surface area contributed by atoms with Gasteiger partial charge >= 0.3 is 0 Å². The molecule has 1 aromatic carbocycles. The summed E-state index contributed by atoms with van der Waals surface area (Å²) in [6, 6.07) is 18.2. The van der Waals surface area contributed by atoms with Gasteiger partial charge in [-0.3, -0.25) is 9.78 Å². The third kappa shape index (κ3) is 4.45. The number of aromatic nitrogens is 2. The highest BCUT2D eigenvalue weighted by Gasteiger charge is 2.28. The van der Waals surface area contributed by atoms with Gasteiger partial charge in [0, 0.05) is 50.2 Å². The average molecular weight is 386 g/mol. The monoisotopic (exact) mass is 386 g/mol. The number of benzene rings is 1. The zero-order valence-electron chi connectivity index (χ0n) is 16.7. The number of fused-ring (bicyclic) bond motifs is 1. The molecule has 0 saturated carbocycles.